The smallest absolute Gasteiger partial charge is 0.257 e. The maximum Gasteiger partial charge on any atom is 0.257 e. The molecule has 3 rings (SSSR count). The Labute approximate surface area is 128 Å². The number of hydrogen-bond acceptors (Lipinski definition) is 4. The molecule has 0 aliphatic carbocycles. The van der Waals surface area contributed by atoms with E-state index in [0.29, 0.717) is 30.2 Å². The van der Waals surface area contributed by atoms with Gasteiger partial charge in [-0.1, -0.05) is 6.07 Å². The van der Waals surface area contributed by atoms with E-state index in [4.69, 9.17) is 5.73 Å². The lowest BCUT2D eigenvalue weighted by molar-refractivity contribution is 0.0791. The van der Waals surface area contributed by atoms with Gasteiger partial charge in [0.15, 0.2) is 0 Å². The Hall–Kier alpha value is -2.47. The lowest BCUT2D eigenvalue weighted by Crippen LogP contribution is -2.32. The van der Waals surface area contributed by atoms with Crippen molar-refractivity contribution in [2.75, 3.05) is 18.4 Å². The van der Waals surface area contributed by atoms with Gasteiger partial charge in [0.05, 0.1) is 5.56 Å². The molecule has 0 bridgehead atoms. The van der Waals surface area contributed by atoms with Gasteiger partial charge in [-0.05, 0) is 36.8 Å². The summed E-state index contributed by atoms with van der Waals surface area (Å²) >= 11 is 0. The molecular formula is C16H17FN4O. The number of carbonyl (C=O) groups is 1. The lowest BCUT2D eigenvalue weighted by atomic mass is 10.2. The van der Waals surface area contributed by atoms with Gasteiger partial charge in [-0.2, -0.15) is 0 Å². The fourth-order valence-corrected chi connectivity index (χ4v) is 2.52. The molecule has 0 radical (unpaired) electrons. The molecular weight excluding hydrogens is 283 g/mol. The van der Waals surface area contributed by atoms with Gasteiger partial charge in [-0.3, -0.25) is 4.79 Å². The number of benzene rings is 1. The van der Waals surface area contributed by atoms with Crippen molar-refractivity contribution in [3.8, 4) is 0 Å². The normalized spacial score (nSPS) is 17.5. The number of nitrogens with two attached hydrogens (primary N) is 1. The zero-order valence-electron chi connectivity index (χ0n) is 12.0. The molecule has 22 heavy (non-hydrogen) atoms. The third-order valence-electron chi connectivity index (χ3n) is 3.64. The number of rotatable bonds is 3. The second-order valence-corrected chi connectivity index (χ2v) is 5.33. The number of halogens is 1. The number of hydrogen-bond donors (Lipinski definition) is 2. The van der Waals surface area contributed by atoms with Crippen LogP contribution in [-0.2, 0) is 0 Å². The van der Waals surface area contributed by atoms with Gasteiger partial charge in [0.2, 0.25) is 0 Å². The molecule has 1 amide bonds. The van der Waals surface area contributed by atoms with E-state index in [1.807, 2.05) is 0 Å². The third-order valence-corrected chi connectivity index (χ3v) is 3.64. The minimum Gasteiger partial charge on any atom is -0.339 e. The first kappa shape index (κ1) is 14.5. The molecule has 2 heterocycles. The maximum atomic E-state index is 13.3. The van der Waals surface area contributed by atoms with E-state index in [2.05, 4.69) is 10.3 Å². The summed E-state index contributed by atoms with van der Waals surface area (Å²) in [7, 11) is 0. The summed E-state index contributed by atoms with van der Waals surface area (Å²) in [6.07, 6.45) is 2.40. The van der Waals surface area contributed by atoms with Crippen molar-refractivity contribution in [3.63, 3.8) is 0 Å². The SMILES string of the molecule is N[C@H]1CCN(C(=O)c2cccnc2Nc2cccc(F)c2)C1. The fourth-order valence-electron chi connectivity index (χ4n) is 2.52. The second-order valence-electron chi connectivity index (χ2n) is 5.33. The monoisotopic (exact) mass is 300 g/mol. The minimum atomic E-state index is -0.348. The van der Waals surface area contributed by atoms with Crippen molar-refractivity contribution < 1.29 is 9.18 Å². The van der Waals surface area contributed by atoms with Crippen molar-refractivity contribution in [3.05, 3.63) is 54.0 Å². The first-order chi connectivity index (χ1) is 10.6. The summed E-state index contributed by atoms with van der Waals surface area (Å²) in [4.78, 5) is 18.5. The molecule has 1 aromatic carbocycles. The van der Waals surface area contributed by atoms with Gasteiger partial charge >= 0.3 is 0 Å². The number of carbonyl (C=O) groups excluding carboxylic acids is 1. The maximum absolute atomic E-state index is 13.3. The van der Waals surface area contributed by atoms with Crippen molar-refractivity contribution in [2.24, 2.45) is 5.73 Å². The summed E-state index contributed by atoms with van der Waals surface area (Å²) < 4.78 is 13.3. The Morgan fingerprint density at radius 1 is 1.36 bits per heavy atom. The highest BCUT2D eigenvalue weighted by Crippen LogP contribution is 2.22. The Morgan fingerprint density at radius 2 is 2.23 bits per heavy atom. The largest absolute Gasteiger partial charge is 0.339 e. The first-order valence-corrected chi connectivity index (χ1v) is 7.16. The van der Waals surface area contributed by atoms with Crippen LogP contribution in [0.1, 0.15) is 16.8 Å². The zero-order chi connectivity index (χ0) is 15.5. The van der Waals surface area contributed by atoms with Gasteiger partial charge in [-0.15, -0.1) is 0 Å². The Morgan fingerprint density at radius 3 is 2.95 bits per heavy atom. The molecule has 3 N–H and O–H groups in total. The van der Waals surface area contributed by atoms with E-state index in [1.54, 1.807) is 35.4 Å². The highest BCUT2D eigenvalue weighted by atomic mass is 19.1. The van der Waals surface area contributed by atoms with Gasteiger partial charge in [0.1, 0.15) is 11.6 Å². The van der Waals surface area contributed by atoms with E-state index in [9.17, 15) is 9.18 Å². The molecule has 0 unspecified atom stereocenters. The number of aromatic nitrogens is 1. The van der Waals surface area contributed by atoms with Crippen LogP contribution in [0.5, 0.6) is 0 Å². The number of anilines is 2. The van der Waals surface area contributed by atoms with E-state index >= 15 is 0 Å². The van der Waals surface area contributed by atoms with Crippen LogP contribution in [0.15, 0.2) is 42.6 Å². The quantitative estimate of drug-likeness (QED) is 0.911. The molecule has 2 aromatic rings. The van der Waals surface area contributed by atoms with Crippen molar-refractivity contribution in [1.29, 1.82) is 0 Å². The van der Waals surface area contributed by atoms with Gasteiger partial charge in [-0.25, -0.2) is 9.37 Å². The molecule has 1 saturated heterocycles. The topological polar surface area (TPSA) is 71.2 Å². The number of nitrogens with zero attached hydrogens (tertiary/aromatic N) is 2. The predicted molar refractivity (Wildman–Crippen MR) is 82.4 cm³/mol. The lowest BCUT2D eigenvalue weighted by Gasteiger charge is -2.18. The summed E-state index contributed by atoms with van der Waals surface area (Å²) in [5, 5.41) is 3.00. The van der Waals surface area contributed by atoms with E-state index < -0.39 is 0 Å². The summed E-state index contributed by atoms with van der Waals surface area (Å²) in [6.45, 7) is 1.20. The highest BCUT2D eigenvalue weighted by Gasteiger charge is 2.26. The minimum absolute atomic E-state index is 0.0280. The van der Waals surface area contributed by atoms with Crippen molar-refractivity contribution in [2.45, 2.75) is 12.5 Å². The molecule has 5 nitrogen and oxygen atoms in total. The second kappa shape index (κ2) is 6.11. The molecule has 6 heteroatoms. The van der Waals surface area contributed by atoms with Crippen LogP contribution in [0, 0.1) is 5.82 Å². The van der Waals surface area contributed by atoms with Crippen LogP contribution in [0.2, 0.25) is 0 Å². The van der Waals surface area contributed by atoms with Crippen LogP contribution >= 0.6 is 0 Å². The summed E-state index contributed by atoms with van der Waals surface area (Å²) in [5.41, 5.74) is 6.86. The fraction of sp³-hybridized carbons (Fsp3) is 0.250. The van der Waals surface area contributed by atoms with E-state index in [1.165, 1.54) is 12.1 Å². The van der Waals surface area contributed by atoms with Crippen molar-refractivity contribution in [1.82, 2.24) is 9.88 Å². The van der Waals surface area contributed by atoms with Crippen LogP contribution in [0.4, 0.5) is 15.9 Å². The van der Waals surface area contributed by atoms with Crippen LogP contribution in [-0.4, -0.2) is 34.9 Å². The van der Waals surface area contributed by atoms with Gasteiger partial charge < -0.3 is 16.0 Å². The number of likely N-dealkylation sites (tertiary alicyclic amines) is 1. The molecule has 1 aliphatic heterocycles. The molecule has 114 valence electrons. The van der Waals surface area contributed by atoms with Crippen molar-refractivity contribution >= 4 is 17.4 Å². The number of amides is 1. The van der Waals surface area contributed by atoms with Crippen LogP contribution in [0.25, 0.3) is 0 Å². The Kier molecular flexibility index (Phi) is 4.02. The highest BCUT2D eigenvalue weighted by molar-refractivity contribution is 5.99. The number of pyridine rings is 1. The molecule has 1 fully saturated rings. The molecule has 0 spiro atoms. The average Bonchev–Trinajstić information content (AvgIpc) is 2.94. The number of nitrogens with one attached hydrogen (secondary N) is 1. The average molecular weight is 300 g/mol. The van der Waals surface area contributed by atoms with E-state index in [0.717, 1.165) is 6.42 Å². The molecule has 1 atom stereocenters. The third kappa shape index (κ3) is 3.07. The summed E-state index contributed by atoms with van der Waals surface area (Å²) in [5.74, 6) is -0.0437. The van der Waals surface area contributed by atoms with Crippen LogP contribution < -0.4 is 11.1 Å². The molecule has 0 saturated carbocycles. The Balaban J connectivity index is 1.85. The standard InChI is InChI=1S/C16H17FN4O/c17-11-3-1-4-13(9-11)20-15-14(5-2-7-19-15)16(22)21-8-6-12(18)10-21/h1-5,7,9,12H,6,8,10,18H2,(H,19,20)/t12-/m0/s1. The van der Waals surface area contributed by atoms with Crippen LogP contribution in [0.3, 0.4) is 0 Å². The Bertz CT molecular complexity index is 691. The molecule has 1 aromatic heterocycles. The summed E-state index contributed by atoms with van der Waals surface area (Å²) in [6, 6.07) is 9.48. The predicted octanol–water partition coefficient (Wildman–Crippen LogP) is 2.14. The molecule has 1 aliphatic rings. The van der Waals surface area contributed by atoms with Gasteiger partial charge in [0.25, 0.3) is 5.91 Å². The first-order valence-electron chi connectivity index (χ1n) is 7.16. The zero-order valence-corrected chi connectivity index (χ0v) is 12.0. The van der Waals surface area contributed by atoms with Gasteiger partial charge in [0, 0.05) is 31.0 Å². The van der Waals surface area contributed by atoms with E-state index in [-0.39, 0.29) is 17.8 Å².